The number of carboxylic acid groups (broad SMARTS) is 1. The lowest BCUT2D eigenvalue weighted by Crippen LogP contribution is -2.36. The number of aliphatic carboxylic acids is 1. The van der Waals surface area contributed by atoms with Gasteiger partial charge in [0.1, 0.15) is 18.5 Å². The number of carboxylic acids is 1. The van der Waals surface area contributed by atoms with Gasteiger partial charge in [0.25, 0.3) is 5.91 Å². The van der Waals surface area contributed by atoms with Crippen LogP contribution in [0.1, 0.15) is 0 Å². The monoisotopic (exact) mass is 229 g/mol. The number of carbonyl (C=O) groups excluding carboxylic acids is 1. The van der Waals surface area contributed by atoms with Crippen molar-refractivity contribution in [3.63, 3.8) is 0 Å². The standard InChI is InChI=1S/C9H11NO6/c11-7-6(9(13)14)2-10(8(7)12)1-5-3-15-4-16-5/h5,11H,1-4H2,(H,13,14). The zero-order valence-electron chi connectivity index (χ0n) is 8.38. The van der Waals surface area contributed by atoms with Crippen LogP contribution in [0.25, 0.3) is 0 Å². The first kappa shape index (κ1) is 10.9. The van der Waals surface area contributed by atoms with E-state index in [0.717, 1.165) is 0 Å². The van der Waals surface area contributed by atoms with Crippen LogP contribution in [0.5, 0.6) is 0 Å². The summed E-state index contributed by atoms with van der Waals surface area (Å²) in [6.07, 6.45) is -0.259. The Morgan fingerprint density at radius 3 is 2.81 bits per heavy atom. The second-order valence-corrected chi connectivity index (χ2v) is 3.60. The summed E-state index contributed by atoms with van der Waals surface area (Å²) < 4.78 is 10.1. The lowest BCUT2D eigenvalue weighted by atomic mass is 10.2. The average molecular weight is 229 g/mol. The Kier molecular flexibility index (Phi) is 2.80. The molecule has 2 rings (SSSR count). The summed E-state index contributed by atoms with van der Waals surface area (Å²) in [7, 11) is 0. The molecule has 2 N–H and O–H groups in total. The maximum Gasteiger partial charge on any atom is 0.337 e. The van der Waals surface area contributed by atoms with E-state index >= 15 is 0 Å². The van der Waals surface area contributed by atoms with Crippen LogP contribution >= 0.6 is 0 Å². The number of carbonyl (C=O) groups is 2. The third-order valence-corrected chi connectivity index (χ3v) is 2.50. The van der Waals surface area contributed by atoms with Gasteiger partial charge in [0.05, 0.1) is 19.7 Å². The fourth-order valence-corrected chi connectivity index (χ4v) is 1.66. The van der Waals surface area contributed by atoms with E-state index in [1.165, 1.54) is 4.90 Å². The highest BCUT2D eigenvalue weighted by molar-refractivity contribution is 6.04. The largest absolute Gasteiger partial charge is 0.503 e. The van der Waals surface area contributed by atoms with Gasteiger partial charge in [-0.15, -0.1) is 0 Å². The minimum atomic E-state index is -1.28. The number of ether oxygens (including phenoxy) is 2. The molecule has 1 atom stereocenters. The number of hydrogen-bond acceptors (Lipinski definition) is 5. The van der Waals surface area contributed by atoms with Gasteiger partial charge >= 0.3 is 5.97 Å². The molecule has 2 aliphatic rings. The van der Waals surface area contributed by atoms with Gasteiger partial charge in [-0.2, -0.15) is 0 Å². The molecule has 2 heterocycles. The Morgan fingerprint density at radius 2 is 2.31 bits per heavy atom. The lowest BCUT2D eigenvalue weighted by Gasteiger charge is -2.18. The number of rotatable bonds is 3. The van der Waals surface area contributed by atoms with Crippen LogP contribution in [0, 0.1) is 0 Å². The van der Waals surface area contributed by atoms with Crippen molar-refractivity contribution in [3.05, 3.63) is 11.3 Å². The second-order valence-electron chi connectivity index (χ2n) is 3.60. The molecule has 0 aromatic heterocycles. The van der Waals surface area contributed by atoms with Crippen molar-refractivity contribution in [2.75, 3.05) is 26.5 Å². The van der Waals surface area contributed by atoms with E-state index < -0.39 is 17.6 Å². The molecule has 1 fully saturated rings. The normalized spacial score (nSPS) is 25.6. The van der Waals surface area contributed by atoms with Crippen LogP contribution in [0.15, 0.2) is 11.3 Å². The van der Waals surface area contributed by atoms with E-state index in [0.29, 0.717) is 6.61 Å². The van der Waals surface area contributed by atoms with Crippen molar-refractivity contribution in [2.24, 2.45) is 0 Å². The van der Waals surface area contributed by atoms with Gasteiger partial charge in [-0.05, 0) is 0 Å². The van der Waals surface area contributed by atoms with E-state index in [4.69, 9.17) is 14.6 Å². The number of nitrogens with zero attached hydrogens (tertiary/aromatic N) is 1. The summed E-state index contributed by atoms with van der Waals surface area (Å²) in [5.41, 5.74) is -0.274. The molecule has 0 radical (unpaired) electrons. The van der Waals surface area contributed by atoms with Crippen LogP contribution < -0.4 is 0 Å². The molecular weight excluding hydrogens is 218 g/mol. The molecule has 7 nitrogen and oxygen atoms in total. The first-order valence-electron chi connectivity index (χ1n) is 4.73. The van der Waals surface area contributed by atoms with Gasteiger partial charge in [-0.1, -0.05) is 0 Å². The second kappa shape index (κ2) is 4.11. The molecule has 1 saturated heterocycles. The zero-order chi connectivity index (χ0) is 11.7. The molecule has 1 amide bonds. The molecule has 88 valence electrons. The Hall–Kier alpha value is -1.60. The fraction of sp³-hybridized carbons (Fsp3) is 0.556. The summed E-state index contributed by atoms with van der Waals surface area (Å²) in [5, 5.41) is 18.0. The van der Waals surface area contributed by atoms with Crippen molar-refractivity contribution >= 4 is 11.9 Å². The van der Waals surface area contributed by atoms with Crippen molar-refractivity contribution in [3.8, 4) is 0 Å². The Morgan fingerprint density at radius 1 is 1.56 bits per heavy atom. The van der Waals surface area contributed by atoms with E-state index in [-0.39, 0.29) is 31.6 Å². The van der Waals surface area contributed by atoms with Crippen molar-refractivity contribution in [1.29, 1.82) is 0 Å². The molecule has 0 aliphatic carbocycles. The predicted molar refractivity (Wildman–Crippen MR) is 49.6 cm³/mol. The minimum absolute atomic E-state index is 0.0974. The maximum absolute atomic E-state index is 11.5. The number of amides is 1. The summed E-state index contributed by atoms with van der Waals surface area (Å²) >= 11 is 0. The number of aliphatic hydroxyl groups excluding tert-OH is 1. The SMILES string of the molecule is O=C(O)C1=C(O)C(=O)N(CC2COCO2)C1. The van der Waals surface area contributed by atoms with Crippen LogP contribution in [0.4, 0.5) is 0 Å². The highest BCUT2D eigenvalue weighted by atomic mass is 16.7. The van der Waals surface area contributed by atoms with E-state index in [1.54, 1.807) is 0 Å². The van der Waals surface area contributed by atoms with E-state index in [1.807, 2.05) is 0 Å². The van der Waals surface area contributed by atoms with Crippen LogP contribution in [0.2, 0.25) is 0 Å². The number of hydrogen-bond donors (Lipinski definition) is 2. The summed E-state index contributed by atoms with van der Waals surface area (Å²) in [6, 6.07) is 0. The van der Waals surface area contributed by atoms with Gasteiger partial charge in [-0.3, -0.25) is 4.79 Å². The van der Waals surface area contributed by atoms with Gasteiger partial charge in [0, 0.05) is 0 Å². The lowest BCUT2D eigenvalue weighted by molar-refractivity contribution is -0.133. The molecule has 16 heavy (non-hydrogen) atoms. The van der Waals surface area contributed by atoms with Gasteiger partial charge in [0.2, 0.25) is 0 Å². The molecule has 1 unspecified atom stereocenters. The molecule has 7 heteroatoms. The molecule has 0 aromatic rings. The summed E-state index contributed by atoms with van der Waals surface area (Å²) in [5.74, 6) is -2.64. The minimum Gasteiger partial charge on any atom is -0.503 e. The molecule has 0 saturated carbocycles. The van der Waals surface area contributed by atoms with Crippen molar-refractivity contribution < 1.29 is 29.3 Å². The Labute approximate surface area is 90.9 Å². The Balaban J connectivity index is 2.00. The molecule has 0 aromatic carbocycles. The van der Waals surface area contributed by atoms with Gasteiger partial charge in [-0.25, -0.2) is 4.79 Å². The first-order chi connectivity index (χ1) is 7.59. The van der Waals surface area contributed by atoms with Crippen molar-refractivity contribution in [2.45, 2.75) is 6.10 Å². The van der Waals surface area contributed by atoms with Crippen LogP contribution in [-0.4, -0.2) is 59.6 Å². The maximum atomic E-state index is 11.5. The topological polar surface area (TPSA) is 96.3 Å². The smallest absolute Gasteiger partial charge is 0.337 e. The third kappa shape index (κ3) is 1.86. The van der Waals surface area contributed by atoms with Crippen LogP contribution in [0.3, 0.4) is 0 Å². The highest BCUT2D eigenvalue weighted by Gasteiger charge is 2.35. The van der Waals surface area contributed by atoms with Gasteiger partial charge < -0.3 is 24.6 Å². The molecule has 0 spiro atoms. The summed E-state index contributed by atoms with van der Waals surface area (Å²) in [4.78, 5) is 23.4. The number of aliphatic hydroxyl groups is 1. The molecular formula is C9H11NO6. The van der Waals surface area contributed by atoms with E-state index in [9.17, 15) is 14.7 Å². The predicted octanol–water partition coefficient (Wildman–Crippen LogP) is -0.902. The quantitative estimate of drug-likeness (QED) is 0.651. The third-order valence-electron chi connectivity index (χ3n) is 2.50. The van der Waals surface area contributed by atoms with E-state index in [2.05, 4.69) is 0 Å². The van der Waals surface area contributed by atoms with Crippen LogP contribution in [-0.2, 0) is 19.1 Å². The molecule has 2 aliphatic heterocycles. The molecule has 0 bridgehead atoms. The first-order valence-corrected chi connectivity index (χ1v) is 4.73. The van der Waals surface area contributed by atoms with Gasteiger partial charge in [0.15, 0.2) is 5.76 Å². The fourth-order valence-electron chi connectivity index (χ4n) is 1.66. The average Bonchev–Trinajstić information content (AvgIpc) is 2.82. The highest BCUT2D eigenvalue weighted by Crippen LogP contribution is 2.18. The zero-order valence-corrected chi connectivity index (χ0v) is 8.38. The Bertz CT molecular complexity index is 357. The summed E-state index contributed by atoms with van der Waals surface area (Å²) in [6.45, 7) is 0.671. The van der Waals surface area contributed by atoms with Crippen molar-refractivity contribution in [1.82, 2.24) is 4.90 Å².